The first-order valence-electron chi connectivity index (χ1n) is 15.2. The molecule has 0 aliphatic heterocycles. The molecule has 0 bridgehead atoms. The summed E-state index contributed by atoms with van der Waals surface area (Å²) in [5, 5.41) is 20.4. The fourth-order valence-electron chi connectivity index (χ4n) is 4.67. The van der Waals surface area contributed by atoms with Crippen molar-refractivity contribution in [1.29, 1.82) is 0 Å². The van der Waals surface area contributed by atoms with Crippen molar-refractivity contribution in [3.63, 3.8) is 0 Å². The van der Waals surface area contributed by atoms with Crippen LogP contribution < -0.4 is 0 Å². The van der Waals surface area contributed by atoms with Gasteiger partial charge in [-0.05, 0) is 91.2 Å². The van der Waals surface area contributed by atoms with E-state index in [1.54, 1.807) is 0 Å². The third-order valence-corrected chi connectivity index (χ3v) is 7.29. The molecule has 1 unspecified atom stereocenters. The molecule has 42 heavy (non-hydrogen) atoms. The van der Waals surface area contributed by atoms with Crippen molar-refractivity contribution in [2.75, 3.05) is 0 Å². The fraction of sp³-hybridized carbons (Fsp3) is 0.400. The number of hydrogen-bond donors (Lipinski definition) is 2. The van der Waals surface area contributed by atoms with Gasteiger partial charge in [0.05, 0.1) is 6.10 Å². The zero-order valence-corrected chi connectivity index (χ0v) is 27.9. The third-order valence-electron chi connectivity index (χ3n) is 7.29. The normalized spacial score (nSPS) is 21.8. The first-order chi connectivity index (χ1) is 19.7. The maximum absolute atomic E-state index is 10.3. The van der Waals surface area contributed by atoms with Crippen LogP contribution in [0.3, 0.4) is 0 Å². The average Bonchev–Trinajstić information content (AvgIpc) is 2.89. The molecule has 2 nitrogen and oxygen atoms in total. The van der Waals surface area contributed by atoms with Gasteiger partial charge in [-0.2, -0.15) is 0 Å². The highest BCUT2D eigenvalue weighted by Crippen LogP contribution is 2.41. The van der Waals surface area contributed by atoms with E-state index in [-0.39, 0.29) is 5.41 Å². The van der Waals surface area contributed by atoms with Crippen LogP contribution in [0.25, 0.3) is 0 Å². The minimum Gasteiger partial charge on any atom is -0.390 e. The van der Waals surface area contributed by atoms with E-state index in [0.717, 1.165) is 35.1 Å². The summed E-state index contributed by atoms with van der Waals surface area (Å²) in [5.41, 5.74) is 9.26. The number of aliphatic hydroxyl groups is 2. The van der Waals surface area contributed by atoms with Gasteiger partial charge in [-0.15, -0.1) is 0 Å². The van der Waals surface area contributed by atoms with Crippen molar-refractivity contribution >= 4 is 0 Å². The zero-order chi connectivity index (χ0) is 31.7. The van der Waals surface area contributed by atoms with Crippen molar-refractivity contribution in [1.82, 2.24) is 0 Å². The number of hydrogen-bond acceptors (Lipinski definition) is 2. The Labute approximate surface area is 257 Å². The van der Waals surface area contributed by atoms with Gasteiger partial charge in [-0.25, -0.2) is 0 Å². The summed E-state index contributed by atoms with van der Waals surface area (Å²) in [6.45, 7) is 21.0. The topological polar surface area (TPSA) is 40.5 Å². The second kappa shape index (κ2) is 19.1. The monoisotopic (exact) mass is 568 g/mol. The van der Waals surface area contributed by atoms with E-state index in [4.69, 9.17) is 0 Å². The summed E-state index contributed by atoms with van der Waals surface area (Å²) in [6, 6.07) is 0. The SMILES string of the molecule is CC(C)=CCC/C(C)=C/C=C/C(C)=C/C=C/C(C)=C/C=C/C=C(C)/C=C/C=C(C)/C=C/C1=C(C)C(O)[C@H](O)CC1(C)C. The smallest absolute Gasteiger partial charge is 0.101 e. The second-order valence-electron chi connectivity index (χ2n) is 12.5. The summed E-state index contributed by atoms with van der Waals surface area (Å²) < 4.78 is 0. The second-order valence-corrected chi connectivity index (χ2v) is 12.5. The standard InChI is InChI=1S/C40H56O2/c1-30(2)17-13-20-33(5)23-15-25-34(6)24-14-21-31(3)18-11-12-19-32(4)22-16-26-35(7)27-28-37-36(8)39(42)38(41)29-40(37,9)10/h11-12,14-19,21-28,38-39,41-42H,13,20,29H2,1-10H3/b12-11+,21-14+,22-16+,25-15+,28-27+,31-18+,32-19+,33-23+,34-24+,35-26+/t38-,39?/m1/s1. The first-order valence-corrected chi connectivity index (χ1v) is 15.2. The van der Waals surface area contributed by atoms with E-state index >= 15 is 0 Å². The molecule has 2 atom stereocenters. The number of aliphatic hydroxyl groups excluding tert-OH is 2. The Morgan fingerprint density at radius 2 is 1.14 bits per heavy atom. The van der Waals surface area contributed by atoms with Crippen LogP contribution in [0.15, 0.2) is 142 Å². The van der Waals surface area contributed by atoms with E-state index in [2.05, 4.69) is 160 Å². The van der Waals surface area contributed by atoms with Crippen LogP contribution in [0.1, 0.15) is 88.5 Å². The molecule has 0 saturated carbocycles. The van der Waals surface area contributed by atoms with E-state index in [1.807, 2.05) is 6.92 Å². The molecule has 2 heteroatoms. The predicted octanol–water partition coefficient (Wildman–Crippen LogP) is 10.7. The molecule has 1 rings (SSSR count). The van der Waals surface area contributed by atoms with Crippen molar-refractivity contribution in [3.8, 4) is 0 Å². The average molecular weight is 569 g/mol. The number of allylic oxidation sites excluding steroid dienone is 23. The Balaban J connectivity index is 2.64. The molecule has 1 aliphatic carbocycles. The van der Waals surface area contributed by atoms with Crippen LogP contribution in [-0.2, 0) is 0 Å². The van der Waals surface area contributed by atoms with Crippen LogP contribution in [0.5, 0.6) is 0 Å². The molecule has 0 radical (unpaired) electrons. The fourth-order valence-corrected chi connectivity index (χ4v) is 4.67. The van der Waals surface area contributed by atoms with Gasteiger partial charge in [0, 0.05) is 0 Å². The van der Waals surface area contributed by atoms with Crippen molar-refractivity contribution in [2.24, 2.45) is 5.41 Å². The maximum Gasteiger partial charge on any atom is 0.101 e. The van der Waals surface area contributed by atoms with Gasteiger partial charge < -0.3 is 10.2 Å². The van der Waals surface area contributed by atoms with E-state index in [9.17, 15) is 10.2 Å². The lowest BCUT2D eigenvalue weighted by Crippen LogP contribution is -2.38. The Bertz CT molecular complexity index is 1250. The van der Waals surface area contributed by atoms with Gasteiger partial charge in [0.2, 0.25) is 0 Å². The highest BCUT2D eigenvalue weighted by atomic mass is 16.3. The Morgan fingerprint density at radius 1 is 0.690 bits per heavy atom. The lowest BCUT2D eigenvalue weighted by molar-refractivity contribution is 0.00686. The molecule has 0 heterocycles. The van der Waals surface area contributed by atoms with Crippen LogP contribution >= 0.6 is 0 Å². The lowest BCUT2D eigenvalue weighted by Gasteiger charge is -2.38. The molecular formula is C40H56O2. The largest absolute Gasteiger partial charge is 0.390 e. The molecule has 1 aliphatic rings. The highest BCUT2D eigenvalue weighted by Gasteiger charge is 2.36. The molecule has 0 saturated heterocycles. The molecule has 228 valence electrons. The molecule has 0 aromatic carbocycles. The van der Waals surface area contributed by atoms with Crippen molar-refractivity contribution < 1.29 is 10.2 Å². The summed E-state index contributed by atoms with van der Waals surface area (Å²) in [5.74, 6) is 0. The minimum atomic E-state index is -0.786. The van der Waals surface area contributed by atoms with Gasteiger partial charge in [0.1, 0.15) is 6.10 Å². The molecular weight excluding hydrogens is 512 g/mol. The highest BCUT2D eigenvalue weighted by molar-refractivity contribution is 5.39. The minimum absolute atomic E-state index is 0.168. The Morgan fingerprint density at radius 3 is 1.64 bits per heavy atom. The molecule has 0 amide bonds. The third kappa shape index (κ3) is 15.1. The Hall–Kier alpha value is -3.20. The van der Waals surface area contributed by atoms with Crippen LogP contribution in [-0.4, -0.2) is 22.4 Å². The molecule has 0 fully saturated rings. The van der Waals surface area contributed by atoms with Gasteiger partial charge >= 0.3 is 0 Å². The lowest BCUT2D eigenvalue weighted by atomic mass is 9.70. The van der Waals surface area contributed by atoms with E-state index < -0.39 is 12.2 Å². The maximum atomic E-state index is 10.3. The van der Waals surface area contributed by atoms with Gasteiger partial charge in [-0.3, -0.25) is 0 Å². The van der Waals surface area contributed by atoms with Gasteiger partial charge in [-0.1, -0.05) is 145 Å². The van der Waals surface area contributed by atoms with Crippen molar-refractivity contribution in [2.45, 2.75) is 101 Å². The Kier molecular flexibility index (Phi) is 16.7. The summed E-state index contributed by atoms with van der Waals surface area (Å²) in [4.78, 5) is 0. The zero-order valence-electron chi connectivity index (χ0n) is 27.9. The number of rotatable bonds is 13. The van der Waals surface area contributed by atoms with Gasteiger partial charge in [0.15, 0.2) is 0 Å². The summed E-state index contributed by atoms with van der Waals surface area (Å²) >= 11 is 0. The molecule has 0 aromatic rings. The summed E-state index contributed by atoms with van der Waals surface area (Å²) in [7, 11) is 0. The molecule has 0 aromatic heterocycles. The van der Waals surface area contributed by atoms with Crippen LogP contribution in [0, 0.1) is 5.41 Å². The van der Waals surface area contributed by atoms with Crippen LogP contribution in [0.4, 0.5) is 0 Å². The van der Waals surface area contributed by atoms with E-state index in [1.165, 1.54) is 22.3 Å². The van der Waals surface area contributed by atoms with Gasteiger partial charge in [0.25, 0.3) is 0 Å². The van der Waals surface area contributed by atoms with Crippen LogP contribution in [0.2, 0.25) is 0 Å². The quantitative estimate of drug-likeness (QED) is 0.171. The molecule has 2 N–H and O–H groups in total. The first kappa shape index (κ1) is 36.8. The predicted molar refractivity (Wildman–Crippen MR) is 186 cm³/mol. The molecule has 0 spiro atoms. The summed E-state index contributed by atoms with van der Waals surface area (Å²) in [6.07, 6.45) is 35.1. The van der Waals surface area contributed by atoms with E-state index in [0.29, 0.717) is 6.42 Å². The van der Waals surface area contributed by atoms with Crippen molar-refractivity contribution in [3.05, 3.63) is 142 Å².